The molecule has 3 heterocycles. The number of rotatable bonds is 10. The van der Waals surface area contributed by atoms with Gasteiger partial charge < -0.3 is 23.8 Å². The van der Waals surface area contributed by atoms with E-state index in [1.807, 2.05) is 16.8 Å². The van der Waals surface area contributed by atoms with Gasteiger partial charge in [-0.2, -0.15) is 18.4 Å². The molecule has 0 atom stereocenters. The lowest BCUT2D eigenvalue weighted by molar-refractivity contribution is -0.146. The van der Waals surface area contributed by atoms with E-state index in [9.17, 15) is 28.0 Å². The van der Waals surface area contributed by atoms with Gasteiger partial charge in [-0.05, 0) is 64.5 Å². The number of halogens is 3. The van der Waals surface area contributed by atoms with Crippen molar-refractivity contribution in [3.63, 3.8) is 0 Å². The Labute approximate surface area is 264 Å². The first-order chi connectivity index (χ1) is 21.0. The first kappa shape index (κ1) is 34.6. The molecule has 2 amide bonds. The Hall–Kier alpha value is -3.31. The summed E-state index contributed by atoms with van der Waals surface area (Å²) in [4.78, 5) is 35.1. The van der Waals surface area contributed by atoms with E-state index in [-0.39, 0.29) is 37.6 Å². The van der Waals surface area contributed by atoms with Gasteiger partial charge >= 0.3 is 12.3 Å². The maximum atomic E-state index is 13.4. The summed E-state index contributed by atoms with van der Waals surface area (Å²) >= 11 is 0. The van der Waals surface area contributed by atoms with Gasteiger partial charge in [-0.3, -0.25) is 9.69 Å². The number of nitriles is 1. The number of hydrogen-bond acceptors (Lipinski definition) is 7. The lowest BCUT2D eigenvalue weighted by Gasteiger charge is -2.44. The molecule has 1 saturated carbocycles. The molecular formula is C31H45F3N6O4Si. The van der Waals surface area contributed by atoms with Crippen molar-refractivity contribution in [3.8, 4) is 6.07 Å². The van der Waals surface area contributed by atoms with E-state index >= 15 is 0 Å². The fraction of sp³-hybridized carbons (Fsp3) is 0.677. The lowest BCUT2D eigenvalue weighted by Crippen LogP contribution is -2.52. The monoisotopic (exact) mass is 650 g/mol. The molecule has 0 unspecified atom stereocenters. The van der Waals surface area contributed by atoms with Crippen molar-refractivity contribution < 1.29 is 32.2 Å². The Kier molecular flexibility index (Phi) is 10.4. The van der Waals surface area contributed by atoms with Crippen LogP contribution in [0.25, 0.3) is 11.0 Å². The molecule has 0 spiro atoms. The number of fused-ring (bicyclic) bond motifs is 3. The van der Waals surface area contributed by atoms with Crippen LogP contribution in [0.1, 0.15) is 56.8 Å². The molecule has 0 radical (unpaired) electrons. The fourth-order valence-corrected chi connectivity index (χ4v) is 6.68. The Morgan fingerprint density at radius 1 is 1.18 bits per heavy atom. The molecule has 45 heavy (non-hydrogen) atoms. The van der Waals surface area contributed by atoms with E-state index in [0.717, 1.165) is 22.0 Å². The molecule has 0 N–H and O–H groups in total. The van der Waals surface area contributed by atoms with Crippen molar-refractivity contribution in [3.05, 3.63) is 24.0 Å². The number of anilines is 1. The van der Waals surface area contributed by atoms with Gasteiger partial charge in [0.1, 0.15) is 31.1 Å². The maximum absolute atomic E-state index is 13.4. The predicted molar refractivity (Wildman–Crippen MR) is 167 cm³/mol. The third kappa shape index (κ3) is 9.13. The zero-order chi connectivity index (χ0) is 33.2. The quantitative estimate of drug-likeness (QED) is 0.165. The largest absolute Gasteiger partial charge is 0.444 e. The summed E-state index contributed by atoms with van der Waals surface area (Å²) < 4.78 is 53.3. The molecule has 1 aliphatic heterocycles. The number of aromatic nitrogens is 2. The summed E-state index contributed by atoms with van der Waals surface area (Å²) in [5.41, 5.74) is 0.967. The SMILES string of the molecule is CC(C)(C)OC(=O)N(CC1CCC(N2CN(CC#N)C(=O)c3cnc4c(ccn4COCC[Si](C)(C)C)c32)CC1)CC(F)(F)F. The Bertz CT molecular complexity index is 1400. The van der Waals surface area contributed by atoms with Crippen LogP contribution in [0.15, 0.2) is 18.5 Å². The number of amides is 2. The van der Waals surface area contributed by atoms with Crippen LogP contribution in [-0.4, -0.2) is 90.2 Å². The van der Waals surface area contributed by atoms with Crippen molar-refractivity contribution >= 4 is 36.8 Å². The van der Waals surface area contributed by atoms with Gasteiger partial charge in [0.2, 0.25) is 0 Å². The van der Waals surface area contributed by atoms with Crippen LogP contribution in [-0.2, 0) is 16.2 Å². The molecule has 2 aromatic rings. The van der Waals surface area contributed by atoms with Crippen LogP contribution < -0.4 is 4.90 Å². The number of carbonyl (C=O) groups is 2. The van der Waals surface area contributed by atoms with Crippen LogP contribution >= 0.6 is 0 Å². The predicted octanol–water partition coefficient (Wildman–Crippen LogP) is 6.45. The van der Waals surface area contributed by atoms with Crippen molar-refractivity contribution in [1.82, 2.24) is 19.4 Å². The summed E-state index contributed by atoms with van der Waals surface area (Å²) in [5, 5.41) is 10.2. The number of nitrogens with zero attached hydrogens (tertiary/aromatic N) is 6. The molecule has 2 aliphatic rings. The van der Waals surface area contributed by atoms with Gasteiger partial charge in [-0.25, -0.2) is 9.78 Å². The molecule has 248 valence electrons. The number of pyridine rings is 1. The highest BCUT2D eigenvalue weighted by molar-refractivity contribution is 6.76. The summed E-state index contributed by atoms with van der Waals surface area (Å²) in [5.74, 6) is -0.394. The summed E-state index contributed by atoms with van der Waals surface area (Å²) in [6, 6.07) is 5.03. The summed E-state index contributed by atoms with van der Waals surface area (Å²) in [6.07, 6.45) is 0.448. The Balaban J connectivity index is 1.53. The molecule has 4 rings (SSSR count). The molecule has 1 aliphatic carbocycles. The molecule has 2 aromatic heterocycles. The summed E-state index contributed by atoms with van der Waals surface area (Å²) in [7, 11) is -1.24. The van der Waals surface area contributed by atoms with Gasteiger partial charge in [-0.15, -0.1) is 0 Å². The molecule has 1 fully saturated rings. The van der Waals surface area contributed by atoms with Gasteiger partial charge in [-0.1, -0.05) is 19.6 Å². The Morgan fingerprint density at radius 3 is 2.47 bits per heavy atom. The van der Waals surface area contributed by atoms with Gasteiger partial charge in [0.25, 0.3) is 5.91 Å². The molecule has 10 nitrogen and oxygen atoms in total. The molecule has 0 saturated heterocycles. The zero-order valence-electron chi connectivity index (χ0n) is 27.1. The fourth-order valence-electron chi connectivity index (χ4n) is 5.93. The first-order valence-corrected chi connectivity index (χ1v) is 19.2. The molecular weight excluding hydrogens is 605 g/mol. The topological polar surface area (TPSA) is 104 Å². The third-order valence-electron chi connectivity index (χ3n) is 8.13. The zero-order valence-corrected chi connectivity index (χ0v) is 28.1. The van der Waals surface area contributed by atoms with Gasteiger partial charge in [0.05, 0.1) is 24.0 Å². The van der Waals surface area contributed by atoms with Crippen LogP contribution in [0.3, 0.4) is 0 Å². The highest BCUT2D eigenvalue weighted by Crippen LogP contribution is 2.40. The van der Waals surface area contributed by atoms with E-state index in [4.69, 9.17) is 9.47 Å². The first-order valence-electron chi connectivity index (χ1n) is 15.5. The van der Waals surface area contributed by atoms with E-state index in [2.05, 4.69) is 35.6 Å². The lowest BCUT2D eigenvalue weighted by atomic mass is 9.84. The smallest absolute Gasteiger partial charge is 0.410 e. The second-order valence-electron chi connectivity index (χ2n) is 14.3. The van der Waals surface area contributed by atoms with Crippen molar-refractivity contribution in [1.29, 1.82) is 5.26 Å². The second kappa shape index (κ2) is 13.6. The van der Waals surface area contributed by atoms with Gasteiger partial charge in [0, 0.05) is 45.0 Å². The minimum Gasteiger partial charge on any atom is -0.444 e. The third-order valence-corrected chi connectivity index (χ3v) is 9.84. The van der Waals surface area contributed by atoms with Crippen molar-refractivity contribution in [2.45, 2.75) is 96.7 Å². The van der Waals surface area contributed by atoms with E-state index in [1.165, 1.54) is 4.90 Å². The van der Waals surface area contributed by atoms with Crippen LogP contribution in [0.5, 0.6) is 0 Å². The highest BCUT2D eigenvalue weighted by Gasteiger charge is 2.39. The van der Waals surface area contributed by atoms with Gasteiger partial charge in [0.15, 0.2) is 0 Å². The number of hydrogen-bond donors (Lipinski definition) is 0. The second-order valence-corrected chi connectivity index (χ2v) is 19.9. The van der Waals surface area contributed by atoms with Crippen molar-refractivity contribution in [2.24, 2.45) is 5.92 Å². The number of carbonyl (C=O) groups excluding carboxylic acids is 2. The maximum Gasteiger partial charge on any atom is 0.410 e. The number of alkyl halides is 3. The average molecular weight is 651 g/mol. The molecule has 0 aromatic carbocycles. The van der Waals surface area contributed by atoms with E-state index in [0.29, 0.717) is 50.2 Å². The Morgan fingerprint density at radius 2 is 1.87 bits per heavy atom. The van der Waals surface area contributed by atoms with E-state index < -0.39 is 32.5 Å². The minimum absolute atomic E-state index is 0.0196. The normalized spacial score (nSPS) is 19.4. The molecule has 0 bridgehead atoms. The summed E-state index contributed by atoms with van der Waals surface area (Å²) in [6.45, 7) is 11.5. The average Bonchev–Trinajstić information content (AvgIpc) is 3.34. The standard InChI is InChI=1S/C31H45F3N6O4Si/c1-30(2,3)44-29(42)39(19-31(32,33)34)18-22-7-9-23(10-8-22)40-20-37(14-12-35)28(41)25-17-36-27-24(26(25)40)11-13-38(27)21-43-15-16-45(4,5)6/h11,13,17,22-23H,7-10,14-16,18-21H2,1-6H3. The minimum atomic E-state index is -4.54. The number of ether oxygens (including phenoxy) is 2. The van der Waals surface area contributed by atoms with Crippen molar-refractivity contribution in [2.75, 3.05) is 37.8 Å². The van der Waals surface area contributed by atoms with Crippen LogP contribution in [0.4, 0.5) is 23.7 Å². The molecule has 14 heteroatoms. The van der Waals surface area contributed by atoms with Crippen LogP contribution in [0.2, 0.25) is 25.7 Å². The highest BCUT2D eigenvalue weighted by atomic mass is 28.3. The van der Waals surface area contributed by atoms with Crippen LogP contribution in [0, 0.1) is 17.2 Å². The van der Waals surface area contributed by atoms with E-state index in [1.54, 1.807) is 27.0 Å².